The number of benzene rings is 2. The van der Waals surface area contributed by atoms with Gasteiger partial charge in [-0.2, -0.15) is 9.40 Å². The number of non-ortho nitro benzene ring substituents is 1. The third-order valence-electron chi connectivity index (χ3n) is 5.09. The molecule has 1 fully saturated rings. The Labute approximate surface area is 188 Å². The van der Waals surface area contributed by atoms with E-state index in [9.17, 15) is 23.3 Å². The van der Waals surface area contributed by atoms with E-state index in [0.717, 1.165) is 0 Å². The van der Waals surface area contributed by atoms with Crippen LogP contribution in [0, 0.1) is 10.1 Å². The van der Waals surface area contributed by atoms with Crippen molar-refractivity contribution in [3.8, 4) is 5.69 Å². The minimum atomic E-state index is -3.76. The summed E-state index contributed by atoms with van der Waals surface area (Å²) in [5.41, 5.74) is 0.537. The van der Waals surface area contributed by atoms with Gasteiger partial charge in [0.25, 0.3) is 11.6 Å². The van der Waals surface area contributed by atoms with E-state index in [1.165, 1.54) is 50.3 Å². The number of nitro benzene ring substituents is 1. The van der Waals surface area contributed by atoms with E-state index in [0.29, 0.717) is 5.69 Å². The van der Waals surface area contributed by atoms with Gasteiger partial charge in [-0.15, -0.1) is 0 Å². The van der Waals surface area contributed by atoms with Crippen molar-refractivity contribution in [3.05, 3.63) is 81.6 Å². The smallest absolute Gasteiger partial charge is 0.274 e. The highest BCUT2D eigenvalue weighted by Crippen LogP contribution is 2.25. The highest BCUT2D eigenvalue weighted by atomic mass is 35.5. The van der Waals surface area contributed by atoms with Crippen LogP contribution in [0.3, 0.4) is 0 Å². The minimum Gasteiger partial charge on any atom is -0.335 e. The molecule has 2 heterocycles. The number of rotatable bonds is 5. The maximum Gasteiger partial charge on any atom is 0.274 e. The molecule has 2 aromatic carbocycles. The normalized spacial score (nSPS) is 15.0. The van der Waals surface area contributed by atoms with Gasteiger partial charge in [0.2, 0.25) is 10.0 Å². The van der Waals surface area contributed by atoms with Crippen LogP contribution in [0.2, 0.25) is 5.02 Å². The lowest BCUT2D eigenvalue weighted by Gasteiger charge is -2.33. The maximum absolute atomic E-state index is 12.9. The molecule has 0 atom stereocenters. The van der Waals surface area contributed by atoms with Gasteiger partial charge in [0.1, 0.15) is 4.90 Å². The summed E-state index contributed by atoms with van der Waals surface area (Å²) < 4.78 is 28.4. The molecule has 166 valence electrons. The molecule has 0 bridgehead atoms. The van der Waals surface area contributed by atoms with Crippen LogP contribution in [-0.4, -0.2) is 64.4 Å². The fraction of sp³-hybridized carbons (Fsp3) is 0.200. The number of hydrogen-bond acceptors (Lipinski definition) is 6. The molecule has 10 nitrogen and oxygen atoms in total. The second-order valence-corrected chi connectivity index (χ2v) is 9.36. The van der Waals surface area contributed by atoms with Crippen LogP contribution in [0.25, 0.3) is 5.69 Å². The van der Waals surface area contributed by atoms with Crippen molar-refractivity contribution in [2.24, 2.45) is 0 Å². The van der Waals surface area contributed by atoms with E-state index in [-0.39, 0.29) is 53.4 Å². The Balaban J connectivity index is 1.45. The standard InChI is InChI=1S/C20H18ClN5O5S/c21-17-6-1-2-7-19(17)32(30,31)24-12-10-23(11-13-24)20(27)18-8-9-25(22-18)15-4-3-5-16(14-15)26(28)29/h1-9,14H,10-13H2. The van der Waals surface area contributed by atoms with E-state index < -0.39 is 14.9 Å². The molecular weight excluding hydrogens is 458 g/mol. The average Bonchev–Trinajstić information content (AvgIpc) is 3.29. The van der Waals surface area contributed by atoms with Gasteiger partial charge >= 0.3 is 0 Å². The lowest BCUT2D eigenvalue weighted by atomic mass is 10.3. The largest absolute Gasteiger partial charge is 0.335 e. The average molecular weight is 476 g/mol. The second kappa shape index (κ2) is 8.69. The lowest BCUT2D eigenvalue weighted by molar-refractivity contribution is -0.384. The molecule has 1 saturated heterocycles. The van der Waals surface area contributed by atoms with Crippen molar-refractivity contribution >= 4 is 33.2 Å². The highest BCUT2D eigenvalue weighted by Gasteiger charge is 2.32. The Morgan fingerprint density at radius 3 is 2.44 bits per heavy atom. The number of nitrogens with zero attached hydrogens (tertiary/aromatic N) is 5. The molecule has 12 heteroatoms. The first-order valence-electron chi connectivity index (χ1n) is 9.62. The van der Waals surface area contributed by atoms with E-state index in [2.05, 4.69) is 5.10 Å². The number of aromatic nitrogens is 2. The Kier molecular flexibility index (Phi) is 5.96. The number of hydrogen-bond donors (Lipinski definition) is 0. The molecule has 1 aliphatic heterocycles. The molecule has 1 amide bonds. The van der Waals surface area contributed by atoms with Gasteiger partial charge in [0.05, 0.1) is 15.6 Å². The van der Waals surface area contributed by atoms with Gasteiger partial charge in [-0.05, 0) is 24.3 Å². The van der Waals surface area contributed by atoms with Crippen molar-refractivity contribution in [1.29, 1.82) is 0 Å². The van der Waals surface area contributed by atoms with Crippen molar-refractivity contribution in [2.75, 3.05) is 26.2 Å². The first-order valence-corrected chi connectivity index (χ1v) is 11.4. The predicted octanol–water partition coefficient (Wildman–Crippen LogP) is 2.58. The van der Waals surface area contributed by atoms with Crippen LogP contribution in [0.4, 0.5) is 5.69 Å². The topological polar surface area (TPSA) is 119 Å². The zero-order valence-electron chi connectivity index (χ0n) is 16.7. The number of carbonyl (C=O) groups is 1. The van der Waals surface area contributed by atoms with Gasteiger partial charge in [-0.1, -0.05) is 29.8 Å². The lowest BCUT2D eigenvalue weighted by Crippen LogP contribution is -2.50. The third-order valence-corrected chi connectivity index (χ3v) is 7.49. The summed E-state index contributed by atoms with van der Waals surface area (Å²) in [6.07, 6.45) is 1.55. The zero-order valence-corrected chi connectivity index (χ0v) is 18.2. The Bertz CT molecular complexity index is 1280. The van der Waals surface area contributed by atoms with Crippen molar-refractivity contribution in [1.82, 2.24) is 19.0 Å². The molecule has 4 rings (SSSR count). The molecule has 32 heavy (non-hydrogen) atoms. The molecule has 0 radical (unpaired) electrons. The Hall–Kier alpha value is -3.28. The van der Waals surface area contributed by atoms with Gasteiger partial charge in [0, 0.05) is 44.5 Å². The van der Waals surface area contributed by atoms with Crippen LogP contribution >= 0.6 is 11.6 Å². The minimum absolute atomic E-state index is 0.0390. The van der Waals surface area contributed by atoms with E-state index >= 15 is 0 Å². The number of nitro groups is 1. The summed E-state index contributed by atoms with van der Waals surface area (Å²) in [7, 11) is -3.76. The van der Waals surface area contributed by atoms with Crippen LogP contribution < -0.4 is 0 Å². The summed E-state index contributed by atoms with van der Waals surface area (Å²) in [4.78, 5) is 24.9. The molecule has 0 aliphatic carbocycles. The quantitative estimate of drug-likeness (QED) is 0.413. The van der Waals surface area contributed by atoms with Gasteiger partial charge in [0.15, 0.2) is 5.69 Å². The molecule has 3 aromatic rings. The Morgan fingerprint density at radius 1 is 1.03 bits per heavy atom. The van der Waals surface area contributed by atoms with Crippen molar-refractivity contribution in [2.45, 2.75) is 4.90 Å². The van der Waals surface area contributed by atoms with Crippen LogP contribution in [0.5, 0.6) is 0 Å². The number of piperazine rings is 1. The predicted molar refractivity (Wildman–Crippen MR) is 116 cm³/mol. The first-order chi connectivity index (χ1) is 15.3. The number of amides is 1. The zero-order chi connectivity index (χ0) is 22.9. The van der Waals surface area contributed by atoms with E-state index in [1.807, 2.05) is 0 Å². The SMILES string of the molecule is O=C(c1ccn(-c2cccc([N+](=O)[O-])c2)n1)N1CCN(S(=O)(=O)c2ccccc2Cl)CC1. The van der Waals surface area contributed by atoms with Crippen LogP contribution in [0.1, 0.15) is 10.5 Å². The molecule has 1 aromatic heterocycles. The second-order valence-electron chi connectivity index (χ2n) is 7.05. The van der Waals surface area contributed by atoms with Gasteiger partial charge in [-0.25, -0.2) is 13.1 Å². The van der Waals surface area contributed by atoms with E-state index in [1.54, 1.807) is 24.4 Å². The Morgan fingerprint density at radius 2 is 1.75 bits per heavy atom. The molecular formula is C20H18ClN5O5S. The van der Waals surface area contributed by atoms with Crippen LogP contribution in [0.15, 0.2) is 65.7 Å². The van der Waals surface area contributed by atoms with Gasteiger partial charge in [-0.3, -0.25) is 14.9 Å². The summed E-state index contributed by atoms with van der Waals surface area (Å²) >= 11 is 6.05. The molecule has 1 aliphatic rings. The summed E-state index contributed by atoms with van der Waals surface area (Å²) in [6.45, 7) is 0.661. The maximum atomic E-state index is 12.9. The molecule has 0 spiro atoms. The van der Waals surface area contributed by atoms with E-state index in [4.69, 9.17) is 11.6 Å². The monoisotopic (exact) mass is 475 g/mol. The van der Waals surface area contributed by atoms with Gasteiger partial charge < -0.3 is 4.90 Å². The summed E-state index contributed by atoms with van der Waals surface area (Å²) in [5, 5.41) is 15.4. The highest BCUT2D eigenvalue weighted by molar-refractivity contribution is 7.89. The number of sulfonamides is 1. The number of halogens is 1. The number of carbonyl (C=O) groups excluding carboxylic acids is 1. The molecule has 0 N–H and O–H groups in total. The fourth-order valence-electron chi connectivity index (χ4n) is 3.42. The van der Waals surface area contributed by atoms with Crippen molar-refractivity contribution in [3.63, 3.8) is 0 Å². The summed E-state index contributed by atoms with van der Waals surface area (Å²) in [6, 6.07) is 13.7. The van der Waals surface area contributed by atoms with Crippen LogP contribution in [-0.2, 0) is 10.0 Å². The first kappa shape index (κ1) is 21.9. The third kappa shape index (κ3) is 4.22. The summed E-state index contributed by atoms with van der Waals surface area (Å²) in [5.74, 6) is -0.344. The van der Waals surface area contributed by atoms with Crippen molar-refractivity contribution < 1.29 is 18.1 Å². The molecule has 0 saturated carbocycles. The fourth-order valence-corrected chi connectivity index (χ4v) is 5.33. The molecule has 0 unspecified atom stereocenters.